The van der Waals surface area contributed by atoms with E-state index in [0.717, 1.165) is 31.3 Å². The Labute approximate surface area is 115 Å². The zero-order valence-electron chi connectivity index (χ0n) is 11.7. The van der Waals surface area contributed by atoms with Crippen molar-refractivity contribution in [2.24, 2.45) is 11.8 Å². The van der Waals surface area contributed by atoms with Crippen LogP contribution in [0, 0.1) is 11.8 Å². The van der Waals surface area contributed by atoms with Crippen LogP contribution in [-0.2, 0) is 13.0 Å². The first-order chi connectivity index (χ1) is 8.78. The summed E-state index contributed by atoms with van der Waals surface area (Å²) in [4.78, 5) is 4.58. The van der Waals surface area contributed by atoms with Crippen LogP contribution >= 0.6 is 11.3 Å². The van der Waals surface area contributed by atoms with Crippen LogP contribution in [-0.4, -0.2) is 11.5 Å². The number of hydrogen-bond donors (Lipinski definition) is 1. The largest absolute Gasteiger partial charge is 0.311 e. The molecule has 0 aromatic carbocycles. The lowest BCUT2D eigenvalue weighted by molar-refractivity contribution is 0.267. The van der Waals surface area contributed by atoms with Crippen molar-refractivity contribution in [1.29, 1.82) is 0 Å². The molecular formula is C15H26N2S. The standard InChI is InChI=1S/C15H26N2S/c1-3-15-17-14(11-18-15)10-16-8-7-13-6-4-5-12(2)9-13/h11-13,16H,3-10H2,1-2H3. The summed E-state index contributed by atoms with van der Waals surface area (Å²) in [5, 5.41) is 6.99. The Morgan fingerprint density at radius 1 is 1.44 bits per heavy atom. The maximum absolute atomic E-state index is 4.58. The first kappa shape index (κ1) is 14.0. The molecule has 102 valence electrons. The van der Waals surface area contributed by atoms with Crippen LogP contribution in [0.25, 0.3) is 0 Å². The molecule has 1 saturated carbocycles. The Bertz CT molecular complexity index is 348. The van der Waals surface area contributed by atoms with Gasteiger partial charge in [0, 0.05) is 11.9 Å². The first-order valence-electron chi connectivity index (χ1n) is 7.42. The zero-order valence-corrected chi connectivity index (χ0v) is 12.6. The second-order valence-corrected chi connectivity index (χ2v) is 6.63. The molecule has 3 heteroatoms. The molecule has 1 fully saturated rings. The van der Waals surface area contributed by atoms with Gasteiger partial charge in [-0.1, -0.05) is 33.1 Å². The molecule has 0 aliphatic heterocycles. The van der Waals surface area contributed by atoms with Crippen LogP contribution < -0.4 is 5.32 Å². The highest BCUT2D eigenvalue weighted by molar-refractivity contribution is 7.09. The third-order valence-corrected chi connectivity index (χ3v) is 5.02. The quantitative estimate of drug-likeness (QED) is 0.787. The van der Waals surface area contributed by atoms with Crippen LogP contribution in [0.3, 0.4) is 0 Å². The first-order valence-corrected chi connectivity index (χ1v) is 8.30. The van der Waals surface area contributed by atoms with Crippen LogP contribution in [0.4, 0.5) is 0 Å². The van der Waals surface area contributed by atoms with E-state index in [2.05, 4.69) is 29.5 Å². The van der Waals surface area contributed by atoms with Gasteiger partial charge in [-0.15, -0.1) is 11.3 Å². The highest BCUT2D eigenvalue weighted by Gasteiger charge is 2.18. The molecule has 1 aliphatic carbocycles. The van der Waals surface area contributed by atoms with E-state index in [1.54, 1.807) is 11.3 Å². The Hall–Kier alpha value is -0.410. The summed E-state index contributed by atoms with van der Waals surface area (Å²) in [6, 6.07) is 0. The van der Waals surface area contributed by atoms with E-state index in [0.29, 0.717) is 0 Å². The fraction of sp³-hybridized carbons (Fsp3) is 0.800. The number of aryl methyl sites for hydroxylation is 1. The Morgan fingerprint density at radius 3 is 3.06 bits per heavy atom. The summed E-state index contributed by atoms with van der Waals surface area (Å²) in [5.41, 5.74) is 1.22. The van der Waals surface area contributed by atoms with Gasteiger partial charge in [-0.25, -0.2) is 4.98 Å². The van der Waals surface area contributed by atoms with Crippen LogP contribution in [0.1, 0.15) is 56.7 Å². The fourth-order valence-electron chi connectivity index (χ4n) is 2.94. The molecule has 1 aromatic heterocycles. The maximum Gasteiger partial charge on any atom is 0.0926 e. The van der Waals surface area contributed by atoms with Gasteiger partial charge >= 0.3 is 0 Å². The van der Waals surface area contributed by atoms with Gasteiger partial charge in [0.1, 0.15) is 0 Å². The average molecular weight is 266 g/mol. The van der Waals surface area contributed by atoms with E-state index in [1.165, 1.54) is 42.8 Å². The van der Waals surface area contributed by atoms with Crippen molar-refractivity contribution in [1.82, 2.24) is 10.3 Å². The molecule has 0 radical (unpaired) electrons. The predicted octanol–water partition coefficient (Wildman–Crippen LogP) is 4.01. The zero-order chi connectivity index (χ0) is 12.8. The molecule has 0 spiro atoms. The minimum absolute atomic E-state index is 0.943. The van der Waals surface area contributed by atoms with E-state index in [1.807, 2.05) is 0 Å². The lowest BCUT2D eigenvalue weighted by atomic mass is 9.81. The van der Waals surface area contributed by atoms with Crippen LogP contribution in [0.15, 0.2) is 5.38 Å². The lowest BCUT2D eigenvalue weighted by Crippen LogP contribution is -2.21. The van der Waals surface area contributed by atoms with E-state index in [9.17, 15) is 0 Å². The average Bonchev–Trinajstić information content (AvgIpc) is 2.83. The summed E-state index contributed by atoms with van der Waals surface area (Å²) < 4.78 is 0. The van der Waals surface area contributed by atoms with Gasteiger partial charge in [0.15, 0.2) is 0 Å². The maximum atomic E-state index is 4.58. The van der Waals surface area contributed by atoms with Gasteiger partial charge in [0.25, 0.3) is 0 Å². The smallest absolute Gasteiger partial charge is 0.0926 e. The second kappa shape index (κ2) is 7.25. The topological polar surface area (TPSA) is 24.9 Å². The van der Waals surface area contributed by atoms with Gasteiger partial charge in [-0.3, -0.25) is 0 Å². The molecule has 2 atom stereocenters. The summed E-state index contributed by atoms with van der Waals surface area (Å²) in [6.07, 6.45) is 8.18. The fourth-order valence-corrected chi connectivity index (χ4v) is 3.68. The summed E-state index contributed by atoms with van der Waals surface area (Å²) in [5.74, 6) is 1.91. The summed E-state index contributed by atoms with van der Waals surface area (Å²) in [6.45, 7) is 6.66. The van der Waals surface area contributed by atoms with Crippen molar-refractivity contribution in [3.05, 3.63) is 16.1 Å². The van der Waals surface area contributed by atoms with Crippen LogP contribution in [0.2, 0.25) is 0 Å². The van der Waals surface area contributed by atoms with Gasteiger partial charge in [-0.2, -0.15) is 0 Å². The number of rotatable bonds is 6. The highest BCUT2D eigenvalue weighted by Crippen LogP contribution is 2.30. The third kappa shape index (κ3) is 4.36. The van der Waals surface area contributed by atoms with E-state index in [-0.39, 0.29) is 0 Å². The van der Waals surface area contributed by atoms with Crippen molar-refractivity contribution in [3.8, 4) is 0 Å². The van der Waals surface area contributed by atoms with E-state index in [4.69, 9.17) is 0 Å². The Balaban J connectivity index is 1.60. The van der Waals surface area contributed by atoms with E-state index < -0.39 is 0 Å². The molecule has 0 bridgehead atoms. The molecule has 2 unspecified atom stereocenters. The Morgan fingerprint density at radius 2 is 2.33 bits per heavy atom. The predicted molar refractivity (Wildman–Crippen MR) is 78.9 cm³/mol. The molecule has 0 saturated heterocycles. The third-order valence-electron chi connectivity index (χ3n) is 3.98. The highest BCUT2D eigenvalue weighted by atomic mass is 32.1. The molecule has 1 aromatic rings. The van der Waals surface area contributed by atoms with Crippen LogP contribution in [0.5, 0.6) is 0 Å². The molecule has 1 heterocycles. The SMILES string of the molecule is CCc1nc(CNCCC2CCCC(C)C2)cs1. The number of aromatic nitrogens is 1. The van der Waals surface area contributed by atoms with Crippen molar-refractivity contribution < 1.29 is 0 Å². The van der Waals surface area contributed by atoms with Gasteiger partial charge in [0.05, 0.1) is 10.7 Å². The lowest BCUT2D eigenvalue weighted by Gasteiger charge is -2.26. The summed E-state index contributed by atoms with van der Waals surface area (Å²) in [7, 11) is 0. The second-order valence-electron chi connectivity index (χ2n) is 5.69. The molecular weight excluding hydrogens is 240 g/mol. The van der Waals surface area contributed by atoms with Crippen molar-refractivity contribution in [2.75, 3.05) is 6.54 Å². The number of thiazole rings is 1. The molecule has 18 heavy (non-hydrogen) atoms. The summed E-state index contributed by atoms with van der Waals surface area (Å²) >= 11 is 1.78. The minimum atomic E-state index is 0.943. The normalized spacial score (nSPS) is 24.3. The van der Waals surface area contributed by atoms with Crippen molar-refractivity contribution in [2.45, 2.75) is 58.9 Å². The minimum Gasteiger partial charge on any atom is -0.311 e. The molecule has 1 N–H and O–H groups in total. The molecule has 1 aliphatic rings. The number of hydrogen-bond acceptors (Lipinski definition) is 3. The van der Waals surface area contributed by atoms with Gasteiger partial charge < -0.3 is 5.32 Å². The monoisotopic (exact) mass is 266 g/mol. The van der Waals surface area contributed by atoms with E-state index >= 15 is 0 Å². The van der Waals surface area contributed by atoms with Gasteiger partial charge in [-0.05, 0) is 37.6 Å². The Kier molecular flexibility index (Phi) is 5.64. The van der Waals surface area contributed by atoms with Crippen molar-refractivity contribution in [3.63, 3.8) is 0 Å². The molecule has 2 nitrogen and oxygen atoms in total. The van der Waals surface area contributed by atoms with Crippen molar-refractivity contribution >= 4 is 11.3 Å². The molecule has 0 amide bonds. The number of nitrogens with one attached hydrogen (secondary N) is 1. The number of nitrogens with zero attached hydrogens (tertiary/aromatic N) is 1. The molecule has 2 rings (SSSR count). The van der Waals surface area contributed by atoms with Gasteiger partial charge in [0.2, 0.25) is 0 Å².